The highest BCUT2D eigenvalue weighted by Crippen LogP contribution is 2.10. The van der Waals surface area contributed by atoms with Crippen LogP contribution in [0.2, 0.25) is 0 Å². The van der Waals surface area contributed by atoms with Gasteiger partial charge in [-0.1, -0.05) is 8.93 Å². The first-order valence-corrected chi connectivity index (χ1v) is 5.43. The minimum absolute atomic E-state index is 0.468. The summed E-state index contributed by atoms with van der Waals surface area (Å²) in [4.78, 5) is 9.95. The van der Waals surface area contributed by atoms with Crippen LogP contribution in [0, 0.1) is 0 Å². The van der Waals surface area contributed by atoms with Crippen molar-refractivity contribution in [1.82, 2.24) is 0 Å². The molecule has 8 heavy (non-hydrogen) atoms. The van der Waals surface area contributed by atoms with E-state index in [1.807, 2.05) is 21.2 Å². The first kappa shape index (κ1) is 8.51. The van der Waals surface area contributed by atoms with Crippen LogP contribution in [-0.2, 0) is 4.79 Å². The van der Waals surface area contributed by atoms with Crippen LogP contribution in [-0.4, -0.2) is 22.9 Å². The van der Waals surface area contributed by atoms with Gasteiger partial charge in [-0.3, -0.25) is 4.79 Å². The molecule has 0 aromatic carbocycles. The van der Waals surface area contributed by atoms with Gasteiger partial charge < -0.3 is 10.8 Å². The van der Waals surface area contributed by atoms with Crippen LogP contribution in [0.25, 0.3) is 0 Å². The van der Waals surface area contributed by atoms with Crippen molar-refractivity contribution in [3.8, 4) is 0 Å². The lowest BCUT2D eigenvalue weighted by atomic mass is 10.4. The van der Waals surface area contributed by atoms with Crippen molar-refractivity contribution in [1.29, 1.82) is 0 Å². The molecule has 1 atom stereocenters. The first-order valence-electron chi connectivity index (χ1n) is 1.90. The van der Waals surface area contributed by atoms with Gasteiger partial charge in [0.1, 0.15) is 6.04 Å². The topological polar surface area (TPSA) is 63.3 Å². The summed E-state index contributed by atoms with van der Waals surface area (Å²) < 4.78 is 0. The van der Waals surface area contributed by atoms with Gasteiger partial charge in [0.05, 0.1) is 0 Å². The maximum absolute atomic E-state index is 9.95. The Hall–Kier alpha value is 0.510. The predicted octanol–water partition coefficient (Wildman–Crippen LogP) is 0.482. The molecule has 0 saturated heterocycles. The second-order valence-electron chi connectivity index (χ2n) is 1.22. The number of carbonyl (C=O) groups is 1. The van der Waals surface area contributed by atoms with Crippen LogP contribution in [0.15, 0.2) is 0 Å². The van der Waals surface area contributed by atoms with E-state index in [4.69, 9.17) is 10.8 Å². The zero-order valence-electron chi connectivity index (χ0n) is 4.00. The minimum Gasteiger partial charge on any atom is -0.480 e. The molecule has 0 radical (unpaired) electrons. The summed E-state index contributed by atoms with van der Waals surface area (Å²) in [5.74, 6) is -0.468. The molecule has 0 aliphatic heterocycles. The smallest absolute Gasteiger partial charge is 0.321 e. The number of aliphatic carboxylic acids is 1. The van der Waals surface area contributed by atoms with E-state index in [2.05, 4.69) is 0 Å². The Bertz CT molecular complexity index is 89.4. The molecular formula is C3H6INO2S. The van der Waals surface area contributed by atoms with Crippen LogP contribution >= 0.6 is 30.1 Å². The number of carboxylic acids is 1. The second kappa shape index (κ2) is 4.39. The molecule has 0 fully saturated rings. The third kappa shape index (κ3) is 3.50. The van der Waals surface area contributed by atoms with Crippen LogP contribution in [0.3, 0.4) is 0 Å². The number of nitrogens with two attached hydrogens (primary N) is 1. The maximum atomic E-state index is 9.95. The first-order chi connectivity index (χ1) is 3.68. The number of carboxylic acid groups (broad SMARTS) is 1. The van der Waals surface area contributed by atoms with E-state index in [0.29, 0.717) is 5.75 Å². The van der Waals surface area contributed by atoms with E-state index < -0.39 is 12.0 Å². The Morgan fingerprint density at radius 1 is 2.00 bits per heavy atom. The van der Waals surface area contributed by atoms with Crippen molar-refractivity contribution >= 4 is 36.1 Å². The second-order valence-corrected chi connectivity index (χ2v) is 3.64. The monoisotopic (exact) mass is 247 g/mol. The van der Waals surface area contributed by atoms with E-state index in [1.165, 1.54) is 8.93 Å². The van der Waals surface area contributed by atoms with Crippen molar-refractivity contribution in [3.63, 3.8) is 0 Å². The lowest BCUT2D eigenvalue weighted by Gasteiger charge is -1.99. The highest BCUT2D eigenvalue weighted by molar-refractivity contribution is 14.2. The third-order valence-electron chi connectivity index (χ3n) is 0.560. The van der Waals surface area contributed by atoms with Crippen molar-refractivity contribution in [3.05, 3.63) is 0 Å². The average Bonchev–Trinajstić information content (AvgIpc) is 1.67. The van der Waals surface area contributed by atoms with Gasteiger partial charge in [-0.05, 0) is 21.2 Å². The lowest BCUT2D eigenvalue weighted by molar-refractivity contribution is -0.137. The summed E-state index contributed by atoms with van der Waals surface area (Å²) in [7, 11) is 1.40. The fourth-order valence-electron chi connectivity index (χ4n) is 0.139. The number of hydrogen-bond acceptors (Lipinski definition) is 3. The molecule has 1 unspecified atom stereocenters. The van der Waals surface area contributed by atoms with Gasteiger partial charge in [0, 0.05) is 5.75 Å². The van der Waals surface area contributed by atoms with Crippen molar-refractivity contribution in [2.24, 2.45) is 5.73 Å². The van der Waals surface area contributed by atoms with Gasteiger partial charge in [-0.2, -0.15) is 0 Å². The molecular weight excluding hydrogens is 241 g/mol. The molecule has 0 aliphatic carbocycles. The normalized spacial score (nSPS) is 13.2. The Labute approximate surface area is 63.6 Å². The fourth-order valence-corrected chi connectivity index (χ4v) is 1.58. The Morgan fingerprint density at radius 3 is 2.62 bits per heavy atom. The molecule has 0 spiro atoms. The third-order valence-corrected chi connectivity index (χ3v) is 2.12. The Balaban J connectivity index is 3.32. The van der Waals surface area contributed by atoms with Crippen LogP contribution < -0.4 is 5.73 Å². The SMILES string of the molecule is NC(CSI)C(=O)O. The fraction of sp³-hybridized carbons (Fsp3) is 0.667. The molecule has 0 bridgehead atoms. The summed E-state index contributed by atoms with van der Waals surface area (Å²) in [6.07, 6.45) is 0. The van der Waals surface area contributed by atoms with Gasteiger partial charge in [0.15, 0.2) is 0 Å². The molecule has 0 saturated carbocycles. The van der Waals surface area contributed by atoms with Crippen molar-refractivity contribution < 1.29 is 9.90 Å². The van der Waals surface area contributed by atoms with Gasteiger partial charge in [0.2, 0.25) is 0 Å². The maximum Gasteiger partial charge on any atom is 0.321 e. The predicted molar refractivity (Wildman–Crippen MR) is 42.1 cm³/mol. The molecule has 3 nitrogen and oxygen atoms in total. The summed E-state index contributed by atoms with van der Waals surface area (Å²) in [5.41, 5.74) is 5.10. The van der Waals surface area contributed by atoms with Gasteiger partial charge in [0.25, 0.3) is 0 Å². The van der Waals surface area contributed by atoms with Crippen molar-refractivity contribution in [2.45, 2.75) is 6.04 Å². The molecule has 0 aliphatic rings. The lowest BCUT2D eigenvalue weighted by Crippen LogP contribution is -2.31. The molecule has 3 N–H and O–H groups in total. The van der Waals surface area contributed by atoms with Crippen molar-refractivity contribution in [2.75, 3.05) is 5.75 Å². The Morgan fingerprint density at radius 2 is 2.50 bits per heavy atom. The van der Waals surface area contributed by atoms with E-state index in [0.717, 1.165) is 0 Å². The van der Waals surface area contributed by atoms with E-state index in [1.54, 1.807) is 0 Å². The molecule has 0 amide bonds. The van der Waals surface area contributed by atoms with Crippen LogP contribution in [0.1, 0.15) is 0 Å². The minimum atomic E-state index is -0.936. The summed E-state index contributed by atoms with van der Waals surface area (Å²) in [6.45, 7) is 0. The quantitative estimate of drug-likeness (QED) is 0.712. The number of hydrogen-bond donors (Lipinski definition) is 2. The number of rotatable bonds is 3. The highest BCUT2D eigenvalue weighted by Gasteiger charge is 2.08. The number of halogens is 1. The molecule has 0 aromatic heterocycles. The zero-order chi connectivity index (χ0) is 6.57. The largest absolute Gasteiger partial charge is 0.480 e. The molecule has 0 rings (SSSR count). The van der Waals surface area contributed by atoms with E-state index in [9.17, 15) is 4.79 Å². The zero-order valence-corrected chi connectivity index (χ0v) is 6.98. The summed E-state index contributed by atoms with van der Waals surface area (Å²) in [6, 6.07) is -0.711. The molecule has 0 heterocycles. The highest BCUT2D eigenvalue weighted by atomic mass is 127. The summed E-state index contributed by atoms with van der Waals surface area (Å²) in [5, 5.41) is 8.17. The van der Waals surface area contributed by atoms with Gasteiger partial charge in [-0.15, -0.1) is 0 Å². The summed E-state index contributed by atoms with van der Waals surface area (Å²) >= 11 is 2.01. The average molecular weight is 247 g/mol. The molecule has 5 heteroatoms. The van der Waals surface area contributed by atoms with Gasteiger partial charge in [-0.25, -0.2) is 0 Å². The van der Waals surface area contributed by atoms with Crippen LogP contribution in [0.4, 0.5) is 0 Å². The van der Waals surface area contributed by atoms with Gasteiger partial charge >= 0.3 is 5.97 Å². The Kier molecular flexibility index (Phi) is 4.68. The molecule has 0 aromatic rings. The van der Waals surface area contributed by atoms with Crippen LogP contribution in [0.5, 0.6) is 0 Å². The molecule has 48 valence electrons. The van der Waals surface area contributed by atoms with E-state index in [-0.39, 0.29) is 0 Å². The standard InChI is InChI=1S/C3H6INO2S/c4-8-1-2(5)3(6)7/h2H,1,5H2,(H,6,7). The van der Waals surface area contributed by atoms with E-state index >= 15 is 0 Å².